The second-order valence-electron chi connectivity index (χ2n) is 5.93. The molecule has 7 heteroatoms. The number of carbonyl (C=O) groups is 2. The highest BCUT2D eigenvalue weighted by Gasteiger charge is 2.12. The molecular weight excluding hydrogens is 362 g/mol. The number of aromatic nitrogens is 1. The third kappa shape index (κ3) is 4.51. The van der Waals surface area contributed by atoms with Crippen molar-refractivity contribution in [3.63, 3.8) is 0 Å². The molecule has 0 aliphatic rings. The minimum atomic E-state index is -0.241. The molecule has 3 aromatic rings. The first-order valence-corrected chi connectivity index (χ1v) is 9.14. The molecule has 0 radical (unpaired) electrons. The van der Waals surface area contributed by atoms with Gasteiger partial charge in [-0.1, -0.05) is 18.2 Å². The number of carbonyl (C=O) groups excluding carboxylic acids is 2. The Morgan fingerprint density at radius 3 is 2.48 bits per heavy atom. The van der Waals surface area contributed by atoms with Crippen molar-refractivity contribution in [2.24, 2.45) is 0 Å². The summed E-state index contributed by atoms with van der Waals surface area (Å²) in [5.41, 5.74) is 3.86. The Hall–Kier alpha value is -3.19. The Kier molecular flexibility index (Phi) is 5.52. The number of methoxy groups -OCH3 is 1. The van der Waals surface area contributed by atoms with Crippen molar-refractivity contribution in [3.05, 3.63) is 59.0 Å². The zero-order valence-corrected chi connectivity index (χ0v) is 16.0. The molecule has 0 spiro atoms. The van der Waals surface area contributed by atoms with E-state index in [2.05, 4.69) is 15.6 Å². The lowest BCUT2D eigenvalue weighted by atomic mass is 10.1. The molecule has 0 unspecified atom stereocenters. The normalized spacial score (nSPS) is 10.3. The molecule has 2 N–H and O–H groups in total. The third-order valence-electron chi connectivity index (χ3n) is 3.90. The van der Waals surface area contributed by atoms with Gasteiger partial charge in [-0.25, -0.2) is 4.98 Å². The van der Waals surface area contributed by atoms with Gasteiger partial charge in [-0.15, -0.1) is 11.3 Å². The minimum absolute atomic E-state index is 0.117. The van der Waals surface area contributed by atoms with E-state index in [4.69, 9.17) is 4.74 Å². The lowest BCUT2D eigenvalue weighted by molar-refractivity contribution is -0.114. The summed E-state index contributed by atoms with van der Waals surface area (Å²) in [6, 6.07) is 12.7. The highest BCUT2D eigenvalue weighted by molar-refractivity contribution is 7.14. The summed E-state index contributed by atoms with van der Waals surface area (Å²) >= 11 is 1.35. The van der Waals surface area contributed by atoms with E-state index in [1.165, 1.54) is 18.3 Å². The fourth-order valence-corrected chi connectivity index (χ4v) is 3.24. The summed E-state index contributed by atoms with van der Waals surface area (Å²) in [5.74, 6) is 0.311. The van der Waals surface area contributed by atoms with Crippen LogP contribution in [0.4, 0.5) is 10.8 Å². The van der Waals surface area contributed by atoms with Gasteiger partial charge in [-0.2, -0.15) is 0 Å². The summed E-state index contributed by atoms with van der Waals surface area (Å²) in [5, 5.41) is 7.92. The average molecular weight is 381 g/mol. The van der Waals surface area contributed by atoms with Gasteiger partial charge in [0.15, 0.2) is 5.13 Å². The summed E-state index contributed by atoms with van der Waals surface area (Å²) < 4.78 is 5.26. The molecule has 0 saturated carbocycles. The Bertz CT molecular complexity index is 980. The number of ether oxygens (including phenoxy) is 1. The molecule has 1 heterocycles. The maximum atomic E-state index is 12.4. The molecule has 2 aromatic carbocycles. The van der Waals surface area contributed by atoms with Crippen molar-refractivity contribution in [2.75, 3.05) is 17.7 Å². The average Bonchev–Trinajstić information content (AvgIpc) is 3.10. The number of benzene rings is 2. The summed E-state index contributed by atoms with van der Waals surface area (Å²) in [6.45, 7) is 3.39. The van der Waals surface area contributed by atoms with Crippen molar-refractivity contribution >= 4 is 34.0 Å². The number of thiazole rings is 1. The van der Waals surface area contributed by atoms with Crippen LogP contribution in [0.25, 0.3) is 11.3 Å². The van der Waals surface area contributed by atoms with Crippen LogP contribution in [0.2, 0.25) is 0 Å². The van der Waals surface area contributed by atoms with Gasteiger partial charge in [0, 0.05) is 29.1 Å². The molecule has 0 bridgehead atoms. The number of hydrogen-bond acceptors (Lipinski definition) is 5. The molecule has 27 heavy (non-hydrogen) atoms. The van der Waals surface area contributed by atoms with Crippen LogP contribution >= 0.6 is 11.3 Å². The molecule has 1 aromatic heterocycles. The number of aryl methyl sites for hydroxylation is 1. The van der Waals surface area contributed by atoms with Gasteiger partial charge in [0.25, 0.3) is 5.91 Å². The maximum Gasteiger partial charge on any atom is 0.257 e. The zero-order chi connectivity index (χ0) is 19.4. The van der Waals surface area contributed by atoms with E-state index in [9.17, 15) is 9.59 Å². The van der Waals surface area contributed by atoms with Crippen LogP contribution in [0.1, 0.15) is 22.8 Å². The van der Waals surface area contributed by atoms with Crippen molar-refractivity contribution in [3.8, 4) is 17.0 Å². The largest absolute Gasteiger partial charge is 0.496 e. The maximum absolute atomic E-state index is 12.4. The van der Waals surface area contributed by atoms with Crippen molar-refractivity contribution < 1.29 is 14.3 Å². The predicted octanol–water partition coefficient (Wildman–Crippen LogP) is 4.34. The Balaban J connectivity index is 1.72. The van der Waals surface area contributed by atoms with E-state index in [-0.39, 0.29) is 11.8 Å². The van der Waals surface area contributed by atoms with Crippen LogP contribution in [0.3, 0.4) is 0 Å². The van der Waals surface area contributed by atoms with E-state index in [1.54, 1.807) is 19.2 Å². The molecule has 0 aliphatic carbocycles. The second-order valence-corrected chi connectivity index (χ2v) is 6.79. The van der Waals surface area contributed by atoms with Crippen LogP contribution in [0.5, 0.6) is 5.75 Å². The lowest BCUT2D eigenvalue weighted by Crippen LogP contribution is -2.12. The van der Waals surface area contributed by atoms with Gasteiger partial charge >= 0.3 is 0 Å². The fourth-order valence-electron chi connectivity index (χ4n) is 2.52. The van der Waals surface area contributed by atoms with Crippen LogP contribution < -0.4 is 15.4 Å². The molecule has 2 amide bonds. The zero-order valence-electron chi connectivity index (χ0n) is 15.2. The molecule has 0 aliphatic heterocycles. The number of rotatable bonds is 5. The van der Waals surface area contributed by atoms with E-state index in [0.29, 0.717) is 16.4 Å². The quantitative estimate of drug-likeness (QED) is 0.689. The first kappa shape index (κ1) is 18.6. The minimum Gasteiger partial charge on any atom is -0.496 e. The van der Waals surface area contributed by atoms with Gasteiger partial charge < -0.3 is 10.1 Å². The number of amides is 2. The van der Waals surface area contributed by atoms with Gasteiger partial charge in [0.05, 0.1) is 12.8 Å². The summed E-state index contributed by atoms with van der Waals surface area (Å²) in [4.78, 5) is 28.0. The molecule has 0 fully saturated rings. The molecule has 0 saturated heterocycles. The lowest BCUT2D eigenvalue weighted by Gasteiger charge is -2.07. The highest BCUT2D eigenvalue weighted by Crippen LogP contribution is 2.27. The van der Waals surface area contributed by atoms with Gasteiger partial charge in [0.2, 0.25) is 5.91 Å². The fraction of sp³-hybridized carbons (Fsp3) is 0.150. The second kappa shape index (κ2) is 8.01. The Morgan fingerprint density at radius 2 is 1.81 bits per heavy atom. The number of nitrogens with one attached hydrogen (secondary N) is 2. The molecule has 0 atom stereocenters. The van der Waals surface area contributed by atoms with Crippen LogP contribution in [-0.4, -0.2) is 23.9 Å². The SMILES string of the molecule is COc1cc(C(=O)Nc2nc(-c3ccc(NC(C)=O)cc3)cs2)ccc1C. The molecule has 3 rings (SSSR count). The smallest absolute Gasteiger partial charge is 0.257 e. The first-order chi connectivity index (χ1) is 13.0. The Labute approximate surface area is 161 Å². The van der Waals surface area contributed by atoms with E-state index in [1.807, 2.05) is 42.6 Å². The van der Waals surface area contributed by atoms with Gasteiger partial charge in [0.1, 0.15) is 5.75 Å². The molecule has 138 valence electrons. The third-order valence-corrected chi connectivity index (χ3v) is 4.65. The number of hydrogen-bond donors (Lipinski definition) is 2. The molecular formula is C20H19N3O3S. The van der Waals surface area contributed by atoms with Crippen molar-refractivity contribution in [1.29, 1.82) is 0 Å². The highest BCUT2D eigenvalue weighted by atomic mass is 32.1. The van der Waals surface area contributed by atoms with Gasteiger partial charge in [-0.05, 0) is 36.8 Å². The van der Waals surface area contributed by atoms with Crippen molar-refractivity contribution in [1.82, 2.24) is 4.98 Å². The molecule has 6 nitrogen and oxygen atoms in total. The van der Waals surface area contributed by atoms with Crippen LogP contribution in [0, 0.1) is 6.92 Å². The van der Waals surface area contributed by atoms with Crippen molar-refractivity contribution in [2.45, 2.75) is 13.8 Å². The predicted molar refractivity (Wildman–Crippen MR) is 108 cm³/mol. The van der Waals surface area contributed by atoms with E-state index < -0.39 is 0 Å². The summed E-state index contributed by atoms with van der Waals surface area (Å²) in [6.07, 6.45) is 0. The topological polar surface area (TPSA) is 80.3 Å². The number of nitrogens with zero attached hydrogens (tertiary/aromatic N) is 1. The van der Waals surface area contributed by atoms with E-state index in [0.717, 1.165) is 22.5 Å². The first-order valence-electron chi connectivity index (χ1n) is 8.26. The van der Waals surface area contributed by atoms with E-state index >= 15 is 0 Å². The van der Waals surface area contributed by atoms with Crippen LogP contribution in [-0.2, 0) is 4.79 Å². The number of anilines is 2. The van der Waals surface area contributed by atoms with Crippen LogP contribution in [0.15, 0.2) is 47.8 Å². The standard InChI is InChI=1S/C20H19N3O3S/c1-12-4-5-15(10-18(12)26-3)19(25)23-20-22-17(11-27-20)14-6-8-16(9-7-14)21-13(2)24/h4-11H,1-3H3,(H,21,24)(H,22,23,25). The van der Waals surface area contributed by atoms with Gasteiger partial charge in [-0.3, -0.25) is 14.9 Å². The monoisotopic (exact) mass is 381 g/mol. The summed E-state index contributed by atoms with van der Waals surface area (Å²) in [7, 11) is 1.58. The Morgan fingerprint density at radius 1 is 1.07 bits per heavy atom.